The van der Waals surface area contributed by atoms with Crippen LogP contribution in [0.25, 0.3) is 5.69 Å². The van der Waals surface area contributed by atoms with Gasteiger partial charge in [0.15, 0.2) is 6.29 Å². The van der Waals surface area contributed by atoms with Gasteiger partial charge < -0.3 is 0 Å². The molecule has 0 spiro atoms. The average molecular weight is 208 g/mol. The quantitative estimate of drug-likeness (QED) is 0.705. The fourth-order valence-electron chi connectivity index (χ4n) is 1.08. The van der Waals surface area contributed by atoms with Crippen LogP contribution in [0.15, 0.2) is 30.9 Å². The first-order chi connectivity index (χ1) is 6.79. The normalized spacial score (nSPS) is 10.1. The summed E-state index contributed by atoms with van der Waals surface area (Å²) in [5, 5.41) is 4.53. The molecular formula is C9H6ClN3O. The van der Waals surface area contributed by atoms with Gasteiger partial charge in [-0.3, -0.25) is 9.78 Å². The van der Waals surface area contributed by atoms with Crippen molar-refractivity contribution in [2.75, 3.05) is 0 Å². The lowest BCUT2D eigenvalue weighted by Crippen LogP contribution is -1.96. The summed E-state index contributed by atoms with van der Waals surface area (Å²) in [5.74, 6) is 0. The van der Waals surface area contributed by atoms with E-state index in [0.717, 1.165) is 6.29 Å². The van der Waals surface area contributed by atoms with Gasteiger partial charge in [0, 0.05) is 18.0 Å². The van der Waals surface area contributed by atoms with Gasteiger partial charge in [0.05, 0.1) is 23.1 Å². The third-order valence-electron chi connectivity index (χ3n) is 1.70. The number of carbonyl (C=O) groups excluding carboxylic acids is 1. The monoisotopic (exact) mass is 207 g/mol. The van der Waals surface area contributed by atoms with Crippen molar-refractivity contribution < 1.29 is 4.79 Å². The number of carbonyl (C=O) groups is 1. The topological polar surface area (TPSA) is 47.8 Å². The van der Waals surface area contributed by atoms with E-state index in [2.05, 4.69) is 10.1 Å². The number of aromatic nitrogens is 3. The highest BCUT2D eigenvalue weighted by Gasteiger charge is 2.00. The highest BCUT2D eigenvalue weighted by atomic mass is 35.5. The molecule has 0 aliphatic rings. The number of nitrogens with zero attached hydrogens (tertiary/aromatic N) is 3. The Bertz CT molecular complexity index is 467. The summed E-state index contributed by atoms with van der Waals surface area (Å²) in [7, 11) is 0. The van der Waals surface area contributed by atoms with Crippen LogP contribution < -0.4 is 0 Å². The first-order valence-electron chi connectivity index (χ1n) is 3.90. The maximum Gasteiger partial charge on any atom is 0.151 e. The number of halogens is 1. The molecular weight excluding hydrogens is 202 g/mol. The lowest BCUT2D eigenvalue weighted by atomic mass is 10.3. The molecule has 14 heavy (non-hydrogen) atoms. The predicted molar refractivity (Wildman–Crippen MR) is 51.8 cm³/mol. The Morgan fingerprint density at radius 3 is 2.86 bits per heavy atom. The van der Waals surface area contributed by atoms with Crippen molar-refractivity contribution in [1.82, 2.24) is 14.8 Å². The average Bonchev–Trinajstić information content (AvgIpc) is 2.65. The van der Waals surface area contributed by atoms with Crippen LogP contribution in [0.3, 0.4) is 0 Å². The molecule has 2 aromatic rings. The Hall–Kier alpha value is -1.68. The number of hydrogen-bond acceptors (Lipinski definition) is 3. The molecule has 4 nitrogen and oxygen atoms in total. The van der Waals surface area contributed by atoms with E-state index in [1.165, 1.54) is 12.4 Å². The summed E-state index contributed by atoms with van der Waals surface area (Å²) >= 11 is 5.71. The molecule has 0 aliphatic carbocycles. The molecule has 0 fully saturated rings. The second-order valence-corrected chi connectivity index (χ2v) is 3.13. The van der Waals surface area contributed by atoms with Gasteiger partial charge in [0.2, 0.25) is 0 Å². The first-order valence-corrected chi connectivity index (χ1v) is 4.28. The lowest BCUT2D eigenvalue weighted by Gasteiger charge is -1.99. The van der Waals surface area contributed by atoms with Gasteiger partial charge in [0.1, 0.15) is 0 Å². The van der Waals surface area contributed by atoms with Crippen molar-refractivity contribution in [1.29, 1.82) is 0 Å². The first kappa shape index (κ1) is 8.90. The summed E-state index contributed by atoms with van der Waals surface area (Å²) < 4.78 is 1.56. The molecule has 0 bridgehead atoms. The summed E-state index contributed by atoms with van der Waals surface area (Å²) in [6, 6.07) is 1.68. The molecule has 2 rings (SSSR count). The zero-order valence-corrected chi connectivity index (χ0v) is 7.85. The van der Waals surface area contributed by atoms with E-state index < -0.39 is 0 Å². The standard InChI is InChI=1S/C9H6ClN3O/c10-8-3-12-13(5-8)9-1-7(6-14)2-11-4-9/h1-6H. The van der Waals surface area contributed by atoms with E-state index in [0.29, 0.717) is 16.3 Å². The minimum atomic E-state index is 0.508. The molecule has 2 heterocycles. The van der Waals surface area contributed by atoms with Gasteiger partial charge in [-0.2, -0.15) is 5.10 Å². The molecule has 2 aromatic heterocycles. The Morgan fingerprint density at radius 2 is 2.21 bits per heavy atom. The van der Waals surface area contributed by atoms with Crippen LogP contribution in [0.4, 0.5) is 0 Å². The van der Waals surface area contributed by atoms with Gasteiger partial charge in [-0.15, -0.1) is 0 Å². The molecule has 0 atom stereocenters. The predicted octanol–water partition coefficient (Wildman–Crippen LogP) is 1.73. The Morgan fingerprint density at radius 1 is 1.36 bits per heavy atom. The van der Waals surface area contributed by atoms with Gasteiger partial charge in [-0.25, -0.2) is 4.68 Å². The maximum atomic E-state index is 10.5. The van der Waals surface area contributed by atoms with Crippen LogP contribution >= 0.6 is 11.6 Å². The van der Waals surface area contributed by atoms with E-state index >= 15 is 0 Å². The third kappa shape index (κ3) is 1.65. The van der Waals surface area contributed by atoms with E-state index in [1.807, 2.05) is 0 Å². The van der Waals surface area contributed by atoms with Crippen LogP contribution in [-0.2, 0) is 0 Å². The van der Waals surface area contributed by atoms with Gasteiger partial charge >= 0.3 is 0 Å². The minimum Gasteiger partial charge on any atom is -0.298 e. The number of hydrogen-bond donors (Lipinski definition) is 0. The van der Waals surface area contributed by atoms with Crippen LogP contribution in [0.1, 0.15) is 10.4 Å². The fourth-order valence-corrected chi connectivity index (χ4v) is 1.21. The molecule has 70 valence electrons. The molecule has 0 saturated carbocycles. The van der Waals surface area contributed by atoms with Crippen molar-refractivity contribution in [3.8, 4) is 5.69 Å². The third-order valence-corrected chi connectivity index (χ3v) is 1.89. The summed E-state index contributed by atoms with van der Waals surface area (Å²) in [6.45, 7) is 0. The SMILES string of the molecule is O=Cc1cncc(-n2cc(Cl)cn2)c1. The molecule has 0 N–H and O–H groups in total. The van der Waals surface area contributed by atoms with E-state index in [4.69, 9.17) is 11.6 Å². The summed E-state index contributed by atoms with van der Waals surface area (Å²) in [6.07, 6.45) is 7.00. The molecule has 0 saturated heterocycles. The van der Waals surface area contributed by atoms with Crippen molar-refractivity contribution in [3.05, 3.63) is 41.4 Å². The number of aldehydes is 1. The molecule has 0 radical (unpaired) electrons. The van der Waals surface area contributed by atoms with E-state index in [1.54, 1.807) is 23.1 Å². The highest BCUT2D eigenvalue weighted by Crippen LogP contribution is 2.11. The summed E-state index contributed by atoms with van der Waals surface area (Å²) in [5.41, 5.74) is 1.22. The van der Waals surface area contributed by atoms with Crippen LogP contribution in [-0.4, -0.2) is 21.1 Å². The highest BCUT2D eigenvalue weighted by molar-refractivity contribution is 6.30. The van der Waals surface area contributed by atoms with Gasteiger partial charge in [-0.05, 0) is 6.07 Å². The van der Waals surface area contributed by atoms with Gasteiger partial charge in [-0.1, -0.05) is 11.6 Å². The summed E-state index contributed by atoms with van der Waals surface area (Å²) in [4.78, 5) is 14.4. The second-order valence-electron chi connectivity index (χ2n) is 2.70. The van der Waals surface area contributed by atoms with E-state index in [-0.39, 0.29) is 0 Å². The molecule has 0 aliphatic heterocycles. The second kappa shape index (κ2) is 3.59. The largest absolute Gasteiger partial charge is 0.298 e. The van der Waals surface area contributed by atoms with Crippen LogP contribution in [0, 0.1) is 0 Å². The Balaban J connectivity index is 2.46. The van der Waals surface area contributed by atoms with Crippen LogP contribution in [0.5, 0.6) is 0 Å². The zero-order valence-electron chi connectivity index (χ0n) is 7.09. The smallest absolute Gasteiger partial charge is 0.151 e. The maximum absolute atomic E-state index is 10.5. The minimum absolute atomic E-state index is 0.508. The van der Waals surface area contributed by atoms with E-state index in [9.17, 15) is 4.79 Å². The van der Waals surface area contributed by atoms with Crippen molar-refractivity contribution >= 4 is 17.9 Å². The molecule has 5 heteroatoms. The molecule has 0 unspecified atom stereocenters. The Kier molecular flexibility index (Phi) is 2.28. The van der Waals surface area contributed by atoms with Crippen molar-refractivity contribution in [3.63, 3.8) is 0 Å². The Labute approximate surface area is 85.1 Å². The number of pyridine rings is 1. The number of rotatable bonds is 2. The zero-order chi connectivity index (χ0) is 9.97. The van der Waals surface area contributed by atoms with Gasteiger partial charge in [0.25, 0.3) is 0 Å². The van der Waals surface area contributed by atoms with Crippen LogP contribution in [0.2, 0.25) is 5.02 Å². The molecule has 0 amide bonds. The lowest BCUT2D eigenvalue weighted by molar-refractivity contribution is 0.112. The van der Waals surface area contributed by atoms with Crippen molar-refractivity contribution in [2.45, 2.75) is 0 Å². The van der Waals surface area contributed by atoms with Crippen molar-refractivity contribution in [2.24, 2.45) is 0 Å². The fraction of sp³-hybridized carbons (Fsp3) is 0. The molecule has 0 aromatic carbocycles.